The molecule has 0 rings (SSSR count). The quantitative estimate of drug-likeness (QED) is 0.545. The van der Waals surface area contributed by atoms with Crippen molar-refractivity contribution in [3.63, 3.8) is 0 Å². The minimum atomic E-state index is -0.147. The van der Waals surface area contributed by atoms with Crippen molar-refractivity contribution < 1.29 is 9.59 Å². The number of carbonyl (C=O) groups is 2. The van der Waals surface area contributed by atoms with E-state index in [0.29, 0.717) is 5.71 Å². The first-order chi connectivity index (χ1) is 7.86. The fourth-order valence-electron chi connectivity index (χ4n) is 0.979. The molecule has 0 aromatic rings. The maximum Gasteiger partial charge on any atom is 0.242 e. The average Bonchev–Trinajstić information content (AvgIpc) is 2.25. The van der Waals surface area contributed by atoms with Crippen LogP contribution in [0.15, 0.2) is 5.10 Å². The molecule has 98 valence electrons. The lowest BCUT2D eigenvalue weighted by atomic mass is 10.2. The van der Waals surface area contributed by atoms with E-state index in [9.17, 15) is 9.59 Å². The van der Waals surface area contributed by atoms with Crippen LogP contribution in [0.2, 0.25) is 0 Å². The molecule has 0 fully saturated rings. The Bertz CT molecular complexity index is 298. The van der Waals surface area contributed by atoms with E-state index in [0.717, 1.165) is 6.42 Å². The van der Waals surface area contributed by atoms with Crippen molar-refractivity contribution in [2.75, 3.05) is 0 Å². The van der Waals surface area contributed by atoms with Gasteiger partial charge in [0.1, 0.15) is 0 Å². The zero-order valence-corrected chi connectivity index (χ0v) is 11.3. The second-order valence-electron chi connectivity index (χ2n) is 4.53. The molecule has 0 aliphatic carbocycles. The van der Waals surface area contributed by atoms with Gasteiger partial charge in [-0.1, -0.05) is 20.8 Å². The van der Waals surface area contributed by atoms with Crippen molar-refractivity contribution in [3.05, 3.63) is 0 Å². The van der Waals surface area contributed by atoms with Gasteiger partial charge >= 0.3 is 0 Å². The molecule has 1 atom stereocenters. The third-order valence-electron chi connectivity index (χ3n) is 2.32. The highest BCUT2D eigenvalue weighted by molar-refractivity contribution is 6.00. The molecule has 5 heteroatoms. The van der Waals surface area contributed by atoms with Gasteiger partial charge in [0.05, 0.1) is 6.42 Å². The molecular weight excluding hydrogens is 218 g/mol. The van der Waals surface area contributed by atoms with Gasteiger partial charge in [0.2, 0.25) is 11.8 Å². The third kappa shape index (κ3) is 7.49. The Morgan fingerprint density at radius 1 is 1.24 bits per heavy atom. The van der Waals surface area contributed by atoms with Crippen molar-refractivity contribution >= 4 is 17.5 Å². The lowest BCUT2D eigenvalue weighted by Gasteiger charge is -2.11. The molecule has 0 aliphatic rings. The maximum absolute atomic E-state index is 11.5. The molecule has 0 bridgehead atoms. The summed E-state index contributed by atoms with van der Waals surface area (Å²) in [6, 6.07) is 0.167. The number of hydrogen-bond acceptors (Lipinski definition) is 3. The summed E-state index contributed by atoms with van der Waals surface area (Å²) in [5.41, 5.74) is 3.02. The molecule has 0 saturated carbocycles. The van der Waals surface area contributed by atoms with E-state index in [4.69, 9.17) is 0 Å². The zero-order valence-electron chi connectivity index (χ0n) is 11.3. The maximum atomic E-state index is 11.5. The predicted molar refractivity (Wildman–Crippen MR) is 68.6 cm³/mol. The highest BCUT2D eigenvalue weighted by Gasteiger charge is 2.08. The normalized spacial score (nSPS) is 13.4. The fourth-order valence-corrected chi connectivity index (χ4v) is 0.979. The van der Waals surface area contributed by atoms with Crippen LogP contribution in [0.25, 0.3) is 0 Å². The van der Waals surface area contributed by atoms with Crippen LogP contribution in [0.5, 0.6) is 0 Å². The van der Waals surface area contributed by atoms with E-state index in [2.05, 4.69) is 15.8 Å². The summed E-state index contributed by atoms with van der Waals surface area (Å²) in [6.07, 6.45) is 1.11. The van der Waals surface area contributed by atoms with Gasteiger partial charge < -0.3 is 5.32 Å². The number of rotatable bonds is 6. The Morgan fingerprint density at radius 2 is 1.82 bits per heavy atom. The van der Waals surface area contributed by atoms with Crippen LogP contribution in [-0.4, -0.2) is 23.6 Å². The van der Waals surface area contributed by atoms with Gasteiger partial charge in [0.25, 0.3) is 0 Å². The van der Waals surface area contributed by atoms with E-state index < -0.39 is 0 Å². The molecule has 5 nitrogen and oxygen atoms in total. The minimum absolute atomic E-state index is 0.0700. The first-order valence-corrected chi connectivity index (χ1v) is 5.99. The van der Waals surface area contributed by atoms with E-state index in [-0.39, 0.29) is 30.2 Å². The number of hydrogen-bond donors (Lipinski definition) is 2. The molecule has 0 aliphatic heterocycles. The van der Waals surface area contributed by atoms with Gasteiger partial charge in [-0.3, -0.25) is 9.59 Å². The number of amides is 2. The Labute approximate surface area is 103 Å². The predicted octanol–water partition coefficient (Wildman–Crippen LogP) is 1.44. The van der Waals surface area contributed by atoms with Crippen molar-refractivity contribution in [3.8, 4) is 0 Å². The van der Waals surface area contributed by atoms with Crippen LogP contribution in [-0.2, 0) is 9.59 Å². The van der Waals surface area contributed by atoms with Gasteiger partial charge in [-0.05, 0) is 20.3 Å². The molecule has 0 aromatic carbocycles. The smallest absolute Gasteiger partial charge is 0.242 e. The molecule has 0 aromatic heterocycles. The third-order valence-corrected chi connectivity index (χ3v) is 2.32. The lowest BCUT2D eigenvalue weighted by molar-refractivity contribution is -0.124. The largest absolute Gasteiger partial charge is 0.353 e. The van der Waals surface area contributed by atoms with Gasteiger partial charge in [0, 0.05) is 17.7 Å². The van der Waals surface area contributed by atoms with Crippen molar-refractivity contribution in [1.82, 2.24) is 10.7 Å². The first-order valence-electron chi connectivity index (χ1n) is 5.99. The topological polar surface area (TPSA) is 70.6 Å². The SMILES string of the molecule is CCC(C)NC(=O)C/C(C)=N\NC(=O)C(C)C. The number of nitrogens with one attached hydrogen (secondary N) is 2. The number of hydrazone groups is 1. The van der Waals surface area contributed by atoms with Crippen LogP contribution in [0, 0.1) is 5.92 Å². The van der Waals surface area contributed by atoms with E-state index >= 15 is 0 Å². The average molecular weight is 241 g/mol. The van der Waals surface area contributed by atoms with Crippen molar-refractivity contribution in [2.24, 2.45) is 11.0 Å². The lowest BCUT2D eigenvalue weighted by Crippen LogP contribution is -2.33. The van der Waals surface area contributed by atoms with E-state index in [1.165, 1.54) is 0 Å². The Hall–Kier alpha value is -1.39. The summed E-state index contributed by atoms with van der Waals surface area (Å²) in [6.45, 7) is 9.25. The Balaban J connectivity index is 4.07. The highest BCUT2D eigenvalue weighted by Crippen LogP contribution is 1.93. The Kier molecular flexibility index (Phi) is 7.18. The van der Waals surface area contributed by atoms with E-state index in [1.807, 2.05) is 13.8 Å². The second kappa shape index (κ2) is 7.81. The summed E-state index contributed by atoms with van der Waals surface area (Å²) in [5.74, 6) is -0.327. The molecular formula is C12H23N3O2. The molecule has 2 N–H and O–H groups in total. The van der Waals surface area contributed by atoms with Crippen LogP contribution >= 0.6 is 0 Å². The van der Waals surface area contributed by atoms with Crippen molar-refractivity contribution in [2.45, 2.75) is 53.5 Å². The monoisotopic (exact) mass is 241 g/mol. The summed E-state index contributed by atoms with van der Waals surface area (Å²) in [5, 5.41) is 6.71. The number of carbonyl (C=O) groups excluding carboxylic acids is 2. The fraction of sp³-hybridized carbons (Fsp3) is 0.750. The van der Waals surface area contributed by atoms with Gasteiger partial charge in [-0.15, -0.1) is 0 Å². The summed E-state index contributed by atoms with van der Waals surface area (Å²) < 4.78 is 0. The molecule has 0 saturated heterocycles. The number of nitrogens with zero attached hydrogens (tertiary/aromatic N) is 1. The van der Waals surface area contributed by atoms with Crippen molar-refractivity contribution in [1.29, 1.82) is 0 Å². The van der Waals surface area contributed by atoms with Crippen LogP contribution in [0.3, 0.4) is 0 Å². The molecule has 17 heavy (non-hydrogen) atoms. The molecule has 0 spiro atoms. The summed E-state index contributed by atoms with van der Waals surface area (Å²) in [7, 11) is 0. The molecule has 1 unspecified atom stereocenters. The van der Waals surface area contributed by atoms with Gasteiger partial charge in [0.15, 0.2) is 0 Å². The Morgan fingerprint density at radius 3 is 2.29 bits per heavy atom. The standard InChI is InChI=1S/C12H23N3O2/c1-6-9(4)13-11(16)7-10(5)14-15-12(17)8(2)3/h8-9H,6-7H2,1-5H3,(H,13,16)(H,15,17)/b14-10-. The summed E-state index contributed by atoms with van der Waals surface area (Å²) >= 11 is 0. The second-order valence-corrected chi connectivity index (χ2v) is 4.53. The molecule has 0 heterocycles. The molecule has 0 radical (unpaired) electrons. The highest BCUT2D eigenvalue weighted by atomic mass is 16.2. The molecule has 2 amide bonds. The van der Waals surface area contributed by atoms with Crippen LogP contribution < -0.4 is 10.7 Å². The zero-order chi connectivity index (χ0) is 13.4. The van der Waals surface area contributed by atoms with Crippen LogP contribution in [0.4, 0.5) is 0 Å². The first kappa shape index (κ1) is 15.6. The minimum Gasteiger partial charge on any atom is -0.353 e. The summed E-state index contributed by atoms with van der Waals surface area (Å²) in [4.78, 5) is 22.7. The van der Waals surface area contributed by atoms with Gasteiger partial charge in [-0.2, -0.15) is 5.10 Å². The van der Waals surface area contributed by atoms with Crippen LogP contribution in [0.1, 0.15) is 47.5 Å². The van der Waals surface area contributed by atoms with Gasteiger partial charge in [-0.25, -0.2) is 5.43 Å². The van der Waals surface area contributed by atoms with E-state index in [1.54, 1.807) is 20.8 Å².